The average molecular weight is 571 g/mol. The van der Waals surface area contributed by atoms with Crippen molar-refractivity contribution in [3.8, 4) is 0 Å². The number of rotatable bonds is 16. The molecule has 0 spiro atoms. The molecule has 2 N–H and O–H groups in total. The molecule has 2 amide bonds. The van der Waals surface area contributed by atoms with Crippen molar-refractivity contribution in [1.82, 2.24) is 40.6 Å². The first-order valence-electron chi connectivity index (χ1n) is 14.9. The molecule has 42 heavy (non-hydrogen) atoms. The average Bonchev–Trinajstić information content (AvgIpc) is 3.66. The summed E-state index contributed by atoms with van der Waals surface area (Å²) < 4.78 is 3.74. The molecular weight excluding hydrogens is 528 g/mol. The third kappa shape index (κ3) is 9.09. The lowest BCUT2D eigenvalue weighted by atomic mass is 10.0. The highest BCUT2D eigenvalue weighted by molar-refractivity contribution is 5.78. The van der Waals surface area contributed by atoms with E-state index in [0.717, 1.165) is 74.1 Å². The number of hydrogen-bond acceptors (Lipinski definition) is 6. The molecule has 2 unspecified atom stereocenters. The quantitative estimate of drug-likeness (QED) is 0.183. The summed E-state index contributed by atoms with van der Waals surface area (Å²) in [5.74, 6) is -0.222. The van der Waals surface area contributed by atoms with Gasteiger partial charge in [0.05, 0.1) is 24.5 Å². The van der Waals surface area contributed by atoms with Gasteiger partial charge in [-0.25, -0.2) is 0 Å². The second-order valence-electron chi connectivity index (χ2n) is 11.0. The van der Waals surface area contributed by atoms with Crippen LogP contribution in [0.1, 0.15) is 93.9 Å². The maximum Gasteiger partial charge on any atom is 0.223 e. The number of aromatic nitrogens is 6. The Labute approximate surface area is 247 Å². The van der Waals surface area contributed by atoms with E-state index in [0.29, 0.717) is 0 Å². The molecule has 10 nitrogen and oxygen atoms in total. The van der Waals surface area contributed by atoms with Gasteiger partial charge in [0.2, 0.25) is 11.8 Å². The lowest BCUT2D eigenvalue weighted by Crippen LogP contribution is -2.32. The molecule has 4 aromatic rings. The van der Waals surface area contributed by atoms with Crippen molar-refractivity contribution in [1.29, 1.82) is 0 Å². The van der Waals surface area contributed by atoms with Gasteiger partial charge in [-0.15, -0.1) is 10.2 Å². The van der Waals surface area contributed by atoms with Gasteiger partial charge in [-0.2, -0.15) is 0 Å². The zero-order valence-corrected chi connectivity index (χ0v) is 24.8. The van der Waals surface area contributed by atoms with Crippen LogP contribution in [0.3, 0.4) is 0 Å². The predicted octanol–water partition coefficient (Wildman–Crippen LogP) is 5.00. The van der Waals surface area contributed by atoms with Crippen molar-refractivity contribution in [3.63, 3.8) is 0 Å². The monoisotopic (exact) mass is 570 g/mol. The van der Waals surface area contributed by atoms with Gasteiger partial charge >= 0.3 is 0 Å². The number of amides is 2. The molecule has 10 heteroatoms. The van der Waals surface area contributed by atoms with Crippen molar-refractivity contribution in [2.75, 3.05) is 0 Å². The molecule has 2 aromatic carbocycles. The Morgan fingerprint density at radius 1 is 0.667 bits per heavy atom. The fraction of sp³-hybridized carbons (Fsp3) is 0.438. The van der Waals surface area contributed by atoms with E-state index in [4.69, 9.17) is 0 Å². The van der Waals surface area contributed by atoms with E-state index in [1.807, 2.05) is 96.3 Å². The summed E-state index contributed by atoms with van der Waals surface area (Å²) in [6.07, 6.45) is 10.5. The number of nitrogens with zero attached hydrogens (tertiary/aromatic N) is 6. The molecule has 2 aromatic heterocycles. The minimum absolute atomic E-state index is 0.0102. The fourth-order valence-electron chi connectivity index (χ4n) is 4.82. The first-order chi connectivity index (χ1) is 20.4. The fourth-order valence-corrected chi connectivity index (χ4v) is 4.82. The number of aryl methyl sites for hydroxylation is 2. The van der Waals surface area contributed by atoms with Crippen LogP contribution >= 0.6 is 0 Å². The summed E-state index contributed by atoms with van der Waals surface area (Å²) in [5.41, 5.74) is 3.46. The van der Waals surface area contributed by atoms with Crippen LogP contribution in [-0.4, -0.2) is 41.8 Å². The smallest absolute Gasteiger partial charge is 0.223 e. The van der Waals surface area contributed by atoms with E-state index in [1.165, 1.54) is 6.92 Å². The molecule has 0 bridgehead atoms. The standard InChI is InChI=1S/C32H42N8O2/c1-24(2)32(42)34-31(27-18-12-9-13-19-27)29-23-40(38-36-29)21-15-7-5-4-6-14-20-39-22-28(35-37-39)30(33-25(3)41)26-16-10-8-11-17-26/h8-13,16-19,22-24,30-31H,4-7,14-15,20-21H2,1-3H3,(H,33,41)(H,34,42). The molecule has 0 aliphatic carbocycles. The SMILES string of the molecule is CC(=O)NC(c1ccccc1)c1cn(CCCCCCCCn2cc(C(NC(=O)C(C)C)c3ccccc3)nn2)nn1. The van der Waals surface area contributed by atoms with Crippen LogP contribution in [0.15, 0.2) is 73.1 Å². The van der Waals surface area contributed by atoms with E-state index < -0.39 is 0 Å². The highest BCUT2D eigenvalue weighted by Gasteiger charge is 2.21. The van der Waals surface area contributed by atoms with E-state index in [1.54, 1.807) is 0 Å². The number of unbranched alkanes of at least 4 members (excludes halogenated alkanes) is 5. The van der Waals surface area contributed by atoms with Crippen molar-refractivity contribution in [2.24, 2.45) is 5.92 Å². The van der Waals surface area contributed by atoms with E-state index in [2.05, 4.69) is 31.3 Å². The first-order valence-corrected chi connectivity index (χ1v) is 14.9. The third-order valence-corrected chi connectivity index (χ3v) is 7.15. The van der Waals surface area contributed by atoms with Crippen LogP contribution in [0.4, 0.5) is 0 Å². The summed E-state index contributed by atoms with van der Waals surface area (Å²) in [7, 11) is 0. The molecule has 2 atom stereocenters. The number of carbonyl (C=O) groups is 2. The largest absolute Gasteiger partial charge is 0.344 e. The predicted molar refractivity (Wildman–Crippen MR) is 161 cm³/mol. The van der Waals surface area contributed by atoms with Crippen molar-refractivity contribution < 1.29 is 9.59 Å². The first kappa shape index (κ1) is 30.6. The van der Waals surface area contributed by atoms with E-state index in [9.17, 15) is 9.59 Å². The Morgan fingerprint density at radius 2 is 1.10 bits per heavy atom. The molecule has 0 saturated heterocycles. The van der Waals surface area contributed by atoms with Crippen LogP contribution in [0, 0.1) is 5.92 Å². The van der Waals surface area contributed by atoms with Crippen LogP contribution in [0.2, 0.25) is 0 Å². The van der Waals surface area contributed by atoms with Gasteiger partial charge in [0.25, 0.3) is 0 Å². The highest BCUT2D eigenvalue weighted by atomic mass is 16.2. The van der Waals surface area contributed by atoms with Crippen molar-refractivity contribution in [2.45, 2.75) is 84.5 Å². The van der Waals surface area contributed by atoms with Crippen molar-refractivity contribution in [3.05, 3.63) is 95.6 Å². The number of hydrogen-bond donors (Lipinski definition) is 2. The zero-order chi connectivity index (χ0) is 29.7. The summed E-state index contributed by atoms with van der Waals surface area (Å²) in [4.78, 5) is 24.2. The molecular formula is C32H42N8O2. The van der Waals surface area contributed by atoms with Gasteiger partial charge in [-0.3, -0.25) is 19.0 Å². The van der Waals surface area contributed by atoms with Crippen LogP contribution < -0.4 is 10.6 Å². The molecule has 4 rings (SSSR count). The highest BCUT2D eigenvalue weighted by Crippen LogP contribution is 2.22. The molecule has 0 aliphatic heterocycles. The van der Waals surface area contributed by atoms with Crippen LogP contribution in [-0.2, 0) is 22.7 Å². The summed E-state index contributed by atoms with van der Waals surface area (Å²) >= 11 is 0. The lowest BCUT2D eigenvalue weighted by Gasteiger charge is -2.18. The van der Waals surface area contributed by atoms with Gasteiger partial charge in [0.15, 0.2) is 0 Å². The minimum Gasteiger partial charge on any atom is -0.344 e. The Morgan fingerprint density at radius 3 is 1.52 bits per heavy atom. The summed E-state index contributed by atoms with van der Waals surface area (Å²) in [6.45, 7) is 6.88. The van der Waals surface area contributed by atoms with Crippen LogP contribution in [0.5, 0.6) is 0 Å². The van der Waals surface area contributed by atoms with E-state index >= 15 is 0 Å². The molecule has 2 heterocycles. The van der Waals surface area contributed by atoms with Gasteiger partial charge in [0, 0.05) is 25.9 Å². The van der Waals surface area contributed by atoms with Crippen LogP contribution in [0.25, 0.3) is 0 Å². The Kier molecular flexibility index (Phi) is 11.4. The second-order valence-corrected chi connectivity index (χ2v) is 11.0. The van der Waals surface area contributed by atoms with Crippen molar-refractivity contribution >= 4 is 11.8 Å². The normalized spacial score (nSPS) is 12.7. The third-order valence-electron chi connectivity index (χ3n) is 7.15. The van der Waals surface area contributed by atoms with Gasteiger partial charge in [-0.05, 0) is 24.0 Å². The Bertz CT molecular complexity index is 1380. The summed E-state index contributed by atoms with van der Waals surface area (Å²) in [5, 5.41) is 23.4. The maximum atomic E-state index is 12.4. The maximum absolute atomic E-state index is 12.4. The molecule has 0 saturated carbocycles. The van der Waals surface area contributed by atoms with Gasteiger partial charge < -0.3 is 10.6 Å². The topological polar surface area (TPSA) is 120 Å². The molecule has 0 radical (unpaired) electrons. The van der Waals surface area contributed by atoms with Gasteiger partial charge in [-0.1, -0.05) is 111 Å². The molecule has 222 valence electrons. The second kappa shape index (κ2) is 15.6. The Balaban J connectivity index is 1.17. The number of benzene rings is 2. The number of nitrogens with one attached hydrogen (secondary N) is 2. The minimum atomic E-state index is -0.314. The molecule has 0 aliphatic rings. The summed E-state index contributed by atoms with van der Waals surface area (Å²) in [6, 6.07) is 19.1. The van der Waals surface area contributed by atoms with E-state index in [-0.39, 0.29) is 29.8 Å². The molecule has 0 fully saturated rings. The lowest BCUT2D eigenvalue weighted by molar-refractivity contribution is -0.124. The van der Waals surface area contributed by atoms with Gasteiger partial charge in [0.1, 0.15) is 11.4 Å². The Hall–Kier alpha value is -4.34. The zero-order valence-electron chi connectivity index (χ0n) is 24.8. The number of carbonyl (C=O) groups excluding carboxylic acids is 2.